The smallest absolute Gasteiger partial charge is 0.158 e. The second-order valence-corrected chi connectivity index (χ2v) is 8.55. The number of hydrogen-bond acceptors (Lipinski definition) is 2. The van der Waals surface area contributed by atoms with Gasteiger partial charge in [0.2, 0.25) is 0 Å². The van der Waals surface area contributed by atoms with E-state index in [1.165, 1.54) is 37.7 Å². The molecule has 128 valence electrons. The molecule has 1 saturated carbocycles. The SMILES string of the molecule is CC(C)=CCCC(C)CC1O[C@@H]2CC(C)CC[C@@H]2C(C)(C)O1. The fourth-order valence-electron chi connectivity index (χ4n) is 4.13. The van der Waals surface area contributed by atoms with E-state index < -0.39 is 0 Å². The average Bonchev–Trinajstić information content (AvgIpc) is 2.36. The summed E-state index contributed by atoms with van der Waals surface area (Å²) in [5, 5.41) is 0. The maximum Gasteiger partial charge on any atom is 0.158 e. The first-order valence-electron chi connectivity index (χ1n) is 9.24. The molecule has 1 heterocycles. The summed E-state index contributed by atoms with van der Waals surface area (Å²) in [6.45, 7) is 13.6. The molecular weight excluding hydrogens is 272 g/mol. The van der Waals surface area contributed by atoms with Crippen LogP contribution in [0, 0.1) is 17.8 Å². The van der Waals surface area contributed by atoms with Gasteiger partial charge in [0.15, 0.2) is 6.29 Å². The molecule has 0 spiro atoms. The van der Waals surface area contributed by atoms with Crippen LogP contribution in [0.1, 0.15) is 80.1 Å². The molecule has 2 aliphatic rings. The van der Waals surface area contributed by atoms with Crippen LogP contribution in [0.25, 0.3) is 0 Å². The van der Waals surface area contributed by atoms with Gasteiger partial charge in [-0.15, -0.1) is 0 Å². The lowest BCUT2D eigenvalue weighted by Gasteiger charge is -2.50. The number of ether oxygens (including phenoxy) is 2. The van der Waals surface area contributed by atoms with E-state index in [1.54, 1.807) is 0 Å². The third-order valence-corrected chi connectivity index (χ3v) is 5.52. The van der Waals surface area contributed by atoms with Gasteiger partial charge in [0.05, 0.1) is 11.7 Å². The Hall–Kier alpha value is -0.340. The van der Waals surface area contributed by atoms with Gasteiger partial charge in [-0.3, -0.25) is 0 Å². The first-order valence-corrected chi connectivity index (χ1v) is 9.24. The fourth-order valence-corrected chi connectivity index (χ4v) is 4.13. The Morgan fingerprint density at radius 1 is 1.27 bits per heavy atom. The van der Waals surface area contributed by atoms with Crippen molar-refractivity contribution in [3.63, 3.8) is 0 Å². The Morgan fingerprint density at radius 3 is 2.68 bits per heavy atom. The third-order valence-electron chi connectivity index (χ3n) is 5.52. The largest absolute Gasteiger partial charge is 0.349 e. The summed E-state index contributed by atoms with van der Waals surface area (Å²) in [7, 11) is 0. The Labute approximate surface area is 137 Å². The van der Waals surface area contributed by atoms with E-state index >= 15 is 0 Å². The van der Waals surface area contributed by atoms with E-state index in [-0.39, 0.29) is 11.9 Å². The van der Waals surface area contributed by atoms with Gasteiger partial charge in [-0.05, 0) is 65.2 Å². The van der Waals surface area contributed by atoms with Crippen LogP contribution in [0.5, 0.6) is 0 Å². The molecule has 2 heteroatoms. The first-order chi connectivity index (χ1) is 10.3. The summed E-state index contributed by atoms with van der Waals surface area (Å²) in [6, 6.07) is 0. The number of fused-ring (bicyclic) bond motifs is 1. The maximum atomic E-state index is 6.36. The molecule has 1 saturated heterocycles. The highest BCUT2D eigenvalue weighted by Gasteiger charge is 2.46. The van der Waals surface area contributed by atoms with Crippen molar-refractivity contribution in [3.8, 4) is 0 Å². The van der Waals surface area contributed by atoms with Crippen LogP contribution in [0.15, 0.2) is 11.6 Å². The standard InChI is InChI=1S/C20H36O2/c1-14(2)8-7-9-15(3)13-19-21-18-12-16(4)10-11-17(18)20(5,6)22-19/h8,15-19H,7,9-13H2,1-6H3/t15?,16?,17-,18+,19?/m0/s1. The van der Waals surface area contributed by atoms with Gasteiger partial charge in [0.25, 0.3) is 0 Å². The molecule has 5 atom stereocenters. The lowest BCUT2D eigenvalue weighted by Crippen LogP contribution is -2.54. The van der Waals surface area contributed by atoms with E-state index in [0.717, 1.165) is 12.3 Å². The second-order valence-electron chi connectivity index (χ2n) is 8.55. The Balaban J connectivity index is 1.88. The van der Waals surface area contributed by atoms with Gasteiger partial charge in [-0.25, -0.2) is 0 Å². The summed E-state index contributed by atoms with van der Waals surface area (Å²) < 4.78 is 12.7. The zero-order valence-electron chi connectivity index (χ0n) is 15.5. The molecule has 0 bridgehead atoms. The molecule has 2 nitrogen and oxygen atoms in total. The number of allylic oxidation sites excluding steroid dienone is 2. The molecule has 0 amide bonds. The summed E-state index contributed by atoms with van der Waals surface area (Å²) >= 11 is 0. The van der Waals surface area contributed by atoms with E-state index in [0.29, 0.717) is 17.9 Å². The van der Waals surface area contributed by atoms with Crippen LogP contribution in [0.2, 0.25) is 0 Å². The minimum atomic E-state index is -0.0344. The molecule has 0 aromatic heterocycles. The molecular formula is C20H36O2. The summed E-state index contributed by atoms with van der Waals surface area (Å²) in [6.07, 6.45) is 9.93. The topological polar surface area (TPSA) is 18.5 Å². The van der Waals surface area contributed by atoms with Crippen molar-refractivity contribution in [2.75, 3.05) is 0 Å². The molecule has 22 heavy (non-hydrogen) atoms. The van der Waals surface area contributed by atoms with Crippen LogP contribution in [-0.4, -0.2) is 18.0 Å². The van der Waals surface area contributed by atoms with Crippen molar-refractivity contribution >= 4 is 0 Å². The van der Waals surface area contributed by atoms with Crippen molar-refractivity contribution in [2.24, 2.45) is 17.8 Å². The monoisotopic (exact) mass is 308 g/mol. The van der Waals surface area contributed by atoms with Gasteiger partial charge < -0.3 is 9.47 Å². The van der Waals surface area contributed by atoms with Crippen LogP contribution in [0.3, 0.4) is 0 Å². The molecule has 2 rings (SSSR count). The molecule has 2 fully saturated rings. The van der Waals surface area contributed by atoms with Crippen molar-refractivity contribution in [2.45, 2.75) is 98.1 Å². The maximum absolute atomic E-state index is 6.36. The summed E-state index contributed by atoms with van der Waals surface area (Å²) in [5.41, 5.74) is 1.38. The third kappa shape index (κ3) is 4.83. The highest BCUT2D eigenvalue weighted by molar-refractivity contribution is 4.94. The van der Waals surface area contributed by atoms with Crippen molar-refractivity contribution in [1.29, 1.82) is 0 Å². The molecule has 1 aliphatic carbocycles. The second kappa shape index (κ2) is 7.49. The number of hydrogen-bond donors (Lipinski definition) is 0. The van der Waals surface area contributed by atoms with Crippen molar-refractivity contribution in [1.82, 2.24) is 0 Å². The van der Waals surface area contributed by atoms with Crippen LogP contribution in [-0.2, 0) is 9.47 Å². The number of rotatable bonds is 5. The highest BCUT2D eigenvalue weighted by atomic mass is 16.7. The fraction of sp³-hybridized carbons (Fsp3) is 0.900. The minimum Gasteiger partial charge on any atom is -0.349 e. The Kier molecular flexibility index (Phi) is 6.13. The van der Waals surface area contributed by atoms with Crippen molar-refractivity contribution < 1.29 is 9.47 Å². The first kappa shape index (κ1) is 18.0. The molecule has 0 N–H and O–H groups in total. The highest BCUT2D eigenvalue weighted by Crippen LogP contribution is 2.44. The van der Waals surface area contributed by atoms with Gasteiger partial charge in [-0.2, -0.15) is 0 Å². The lowest BCUT2D eigenvalue weighted by atomic mass is 9.72. The van der Waals surface area contributed by atoms with E-state index in [2.05, 4.69) is 47.6 Å². The van der Waals surface area contributed by atoms with Gasteiger partial charge >= 0.3 is 0 Å². The Morgan fingerprint density at radius 2 is 2.00 bits per heavy atom. The van der Waals surface area contributed by atoms with Crippen molar-refractivity contribution in [3.05, 3.63) is 11.6 Å². The zero-order chi connectivity index (χ0) is 16.3. The predicted octanol–water partition coefficient (Wildman–Crippen LogP) is 5.72. The van der Waals surface area contributed by atoms with Crippen LogP contribution < -0.4 is 0 Å². The molecule has 0 radical (unpaired) electrons. The lowest BCUT2D eigenvalue weighted by molar-refractivity contribution is -0.312. The van der Waals surface area contributed by atoms with Gasteiger partial charge in [0.1, 0.15) is 0 Å². The molecule has 1 aliphatic heterocycles. The van der Waals surface area contributed by atoms with Crippen LogP contribution in [0.4, 0.5) is 0 Å². The molecule has 0 aromatic rings. The quantitative estimate of drug-likeness (QED) is 0.605. The summed E-state index contributed by atoms with van der Waals surface area (Å²) in [5.74, 6) is 2.01. The average molecular weight is 309 g/mol. The summed E-state index contributed by atoms with van der Waals surface area (Å²) in [4.78, 5) is 0. The van der Waals surface area contributed by atoms with E-state index in [1.807, 2.05) is 0 Å². The normalized spacial score (nSPS) is 35.5. The Bertz CT molecular complexity index is 381. The van der Waals surface area contributed by atoms with Gasteiger partial charge in [-0.1, -0.05) is 31.9 Å². The van der Waals surface area contributed by atoms with Gasteiger partial charge in [0, 0.05) is 12.3 Å². The molecule has 0 aromatic carbocycles. The minimum absolute atomic E-state index is 0.0109. The van der Waals surface area contributed by atoms with Crippen LogP contribution >= 0.6 is 0 Å². The van der Waals surface area contributed by atoms with E-state index in [9.17, 15) is 0 Å². The predicted molar refractivity (Wildman–Crippen MR) is 92.8 cm³/mol. The zero-order valence-corrected chi connectivity index (χ0v) is 15.5. The van der Waals surface area contributed by atoms with E-state index in [4.69, 9.17) is 9.47 Å². The molecule has 3 unspecified atom stereocenters.